The van der Waals surface area contributed by atoms with Crippen LogP contribution in [0.3, 0.4) is 0 Å². The van der Waals surface area contributed by atoms with Gasteiger partial charge in [-0.1, -0.05) is 55.0 Å². The monoisotopic (exact) mass is 358 g/mol. The van der Waals surface area contributed by atoms with Crippen molar-refractivity contribution in [3.05, 3.63) is 101 Å². The van der Waals surface area contributed by atoms with E-state index in [9.17, 15) is 4.79 Å². The Kier molecular flexibility index (Phi) is 6.37. The molecule has 2 aromatic carbocycles. The zero-order chi connectivity index (χ0) is 19.1. The van der Waals surface area contributed by atoms with Gasteiger partial charge in [0.05, 0.1) is 0 Å². The van der Waals surface area contributed by atoms with Crippen molar-refractivity contribution in [3.63, 3.8) is 0 Å². The molecule has 0 radical (unpaired) electrons. The molecule has 3 heteroatoms. The number of pyridine rings is 1. The largest absolute Gasteiger partial charge is 0.334 e. The zero-order valence-electron chi connectivity index (χ0n) is 16.1. The van der Waals surface area contributed by atoms with Gasteiger partial charge in [-0.15, -0.1) is 0 Å². The van der Waals surface area contributed by atoms with Gasteiger partial charge < -0.3 is 4.90 Å². The first kappa shape index (κ1) is 18.8. The molecular formula is C24H26N2O. The van der Waals surface area contributed by atoms with Crippen molar-refractivity contribution in [1.29, 1.82) is 0 Å². The van der Waals surface area contributed by atoms with Crippen LogP contribution < -0.4 is 0 Å². The zero-order valence-corrected chi connectivity index (χ0v) is 16.1. The molecule has 3 aromatic rings. The molecule has 0 aliphatic rings. The topological polar surface area (TPSA) is 33.2 Å². The van der Waals surface area contributed by atoms with E-state index in [0.717, 1.165) is 29.7 Å². The molecule has 27 heavy (non-hydrogen) atoms. The molecule has 3 nitrogen and oxygen atoms in total. The van der Waals surface area contributed by atoms with Crippen LogP contribution in [0, 0.1) is 6.92 Å². The second-order valence-electron chi connectivity index (χ2n) is 6.83. The van der Waals surface area contributed by atoms with Gasteiger partial charge in [-0.3, -0.25) is 9.78 Å². The number of hydrogen-bond acceptors (Lipinski definition) is 2. The minimum absolute atomic E-state index is 0.0640. The van der Waals surface area contributed by atoms with Gasteiger partial charge in [0.2, 0.25) is 0 Å². The van der Waals surface area contributed by atoms with E-state index in [-0.39, 0.29) is 5.91 Å². The summed E-state index contributed by atoms with van der Waals surface area (Å²) in [6, 6.07) is 22.2. The summed E-state index contributed by atoms with van der Waals surface area (Å²) in [5.41, 5.74) is 5.34. The lowest BCUT2D eigenvalue weighted by atomic mass is 10.1. The standard InChI is InChI=1S/C24H26N2O/c1-3-20-11-13-22(14-12-20)24(27)26(17-15-23-6-4-5-16-25-23)18-21-9-7-19(2)8-10-21/h4-14,16H,3,15,17-18H2,1-2H3. The quantitative estimate of drug-likeness (QED) is 0.606. The molecule has 0 saturated heterocycles. The molecule has 138 valence electrons. The first-order chi connectivity index (χ1) is 13.2. The van der Waals surface area contributed by atoms with Crippen molar-refractivity contribution >= 4 is 5.91 Å². The van der Waals surface area contributed by atoms with Crippen molar-refractivity contribution in [2.75, 3.05) is 6.54 Å². The first-order valence-corrected chi connectivity index (χ1v) is 9.49. The fraction of sp³-hybridized carbons (Fsp3) is 0.250. The highest BCUT2D eigenvalue weighted by Gasteiger charge is 2.16. The number of nitrogens with zero attached hydrogens (tertiary/aromatic N) is 2. The van der Waals surface area contributed by atoms with Gasteiger partial charge in [0, 0.05) is 37.0 Å². The average Bonchev–Trinajstić information content (AvgIpc) is 2.73. The molecule has 0 bridgehead atoms. The summed E-state index contributed by atoms with van der Waals surface area (Å²) in [4.78, 5) is 19.4. The molecular weight excluding hydrogens is 332 g/mol. The lowest BCUT2D eigenvalue weighted by molar-refractivity contribution is 0.0744. The van der Waals surface area contributed by atoms with E-state index in [1.807, 2.05) is 47.4 Å². The van der Waals surface area contributed by atoms with Crippen molar-refractivity contribution in [1.82, 2.24) is 9.88 Å². The Labute approximate surface area is 161 Å². The lowest BCUT2D eigenvalue weighted by Crippen LogP contribution is -2.32. The Hall–Kier alpha value is -2.94. The highest BCUT2D eigenvalue weighted by molar-refractivity contribution is 5.94. The van der Waals surface area contributed by atoms with Crippen molar-refractivity contribution in [2.45, 2.75) is 33.2 Å². The van der Waals surface area contributed by atoms with Crippen molar-refractivity contribution < 1.29 is 4.79 Å². The molecule has 0 fully saturated rings. The summed E-state index contributed by atoms with van der Waals surface area (Å²) in [5.74, 6) is 0.0640. The van der Waals surface area contributed by atoms with Gasteiger partial charge >= 0.3 is 0 Å². The molecule has 1 amide bonds. The van der Waals surface area contributed by atoms with Gasteiger partial charge in [0.15, 0.2) is 0 Å². The number of benzene rings is 2. The highest BCUT2D eigenvalue weighted by Crippen LogP contribution is 2.13. The Morgan fingerprint density at radius 3 is 2.26 bits per heavy atom. The number of aryl methyl sites for hydroxylation is 2. The summed E-state index contributed by atoms with van der Waals surface area (Å²) >= 11 is 0. The van der Waals surface area contributed by atoms with E-state index in [2.05, 4.69) is 43.1 Å². The second kappa shape index (κ2) is 9.13. The van der Waals surface area contributed by atoms with Gasteiger partial charge in [-0.25, -0.2) is 0 Å². The minimum atomic E-state index is 0.0640. The Bertz CT molecular complexity index is 855. The van der Waals surface area contributed by atoms with E-state index in [0.29, 0.717) is 13.1 Å². The average molecular weight is 358 g/mol. The summed E-state index contributed by atoms with van der Waals surface area (Å²) in [7, 11) is 0. The van der Waals surface area contributed by atoms with Crippen LogP contribution in [0.1, 0.15) is 39.7 Å². The molecule has 1 heterocycles. The summed E-state index contributed by atoms with van der Waals surface area (Å²) < 4.78 is 0. The minimum Gasteiger partial charge on any atom is -0.334 e. The molecule has 1 aromatic heterocycles. The van der Waals surface area contributed by atoms with Crippen LogP contribution in [0.4, 0.5) is 0 Å². The molecule has 0 aliphatic carbocycles. The number of rotatable bonds is 7. The Balaban J connectivity index is 1.78. The number of amides is 1. The van der Waals surface area contributed by atoms with Crippen LogP contribution in [0.2, 0.25) is 0 Å². The third-order valence-corrected chi connectivity index (χ3v) is 4.75. The van der Waals surface area contributed by atoms with Crippen molar-refractivity contribution in [3.8, 4) is 0 Å². The molecule has 0 saturated carbocycles. The van der Waals surface area contributed by atoms with E-state index < -0.39 is 0 Å². The molecule has 0 N–H and O–H groups in total. The maximum absolute atomic E-state index is 13.1. The smallest absolute Gasteiger partial charge is 0.254 e. The molecule has 0 aliphatic heterocycles. The highest BCUT2D eigenvalue weighted by atomic mass is 16.2. The number of carbonyl (C=O) groups is 1. The maximum atomic E-state index is 13.1. The number of aromatic nitrogens is 1. The van der Waals surface area contributed by atoms with E-state index >= 15 is 0 Å². The van der Waals surface area contributed by atoms with Crippen LogP contribution in [0.15, 0.2) is 72.9 Å². The van der Waals surface area contributed by atoms with Crippen LogP contribution in [-0.2, 0) is 19.4 Å². The van der Waals surface area contributed by atoms with Crippen molar-refractivity contribution in [2.24, 2.45) is 0 Å². The van der Waals surface area contributed by atoms with Gasteiger partial charge in [-0.2, -0.15) is 0 Å². The van der Waals surface area contributed by atoms with Crippen LogP contribution in [-0.4, -0.2) is 22.3 Å². The normalized spacial score (nSPS) is 10.6. The third kappa shape index (κ3) is 5.27. The van der Waals surface area contributed by atoms with Gasteiger partial charge in [-0.05, 0) is 48.7 Å². The van der Waals surface area contributed by atoms with Crippen LogP contribution >= 0.6 is 0 Å². The number of hydrogen-bond donors (Lipinski definition) is 0. The van der Waals surface area contributed by atoms with E-state index in [1.165, 1.54) is 11.1 Å². The number of carbonyl (C=O) groups excluding carboxylic acids is 1. The third-order valence-electron chi connectivity index (χ3n) is 4.75. The van der Waals surface area contributed by atoms with E-state index in [4.69, 9.17) is 0 Å². The Morgan fingerprint density at radius 1 is 0.926 bits per heavy atom. The molecule has 0 unspecified atom stereocenters. The predicted molar refractivity (Wildman–Crippen MR) is 110 cm³/mol. The maximum Gasteiger partial charge on any atom is 0.254 e. The SMILES string of the molecule is CCc1ccc(C(=O)N(CCc2ccccn2)Cc2ccc(C)cc2)cc1. The molecule has 0 spiro atoms. The molecule has 0 atom stereocenters. The Morgan fingerprint density at radius 2 is 1.63 bits per heavy atom. The van der Waals surface area contributed by atoms with Gasteiger partial charge in [0.1, 0.15) is 0 Å². The van der Waals surface area contributed by atoms with Crippen LogP contribution in [0.5, 0.6) is 0 Å². The fourth-order valence-electron chi connectivity index (χ4n) is 3.03. The lowest BCUT2D eigenvalue weighted by Gasteiger charge is -2.23. The van der Waals surface area contributed by atoms with Crippen LogP contribution in [0.25, 0.3) is 0 Å². The van der Waals surface area contributed by atoms with E-state index in [1.54, 1.807) is 6.20 Å². The van der Waals surface area contributed by atoms with Gasteiger partial charge in [0.25, 0.3) is 5.91 Å². The summed E-state index contributed by atoms with van der Waals surface area (Å²) in [6.45, 7) is 5.43. The first-order valence-electron chi connectivity index (χ1n) is 9.49. The summed E-state index contributed by atoms with van der Waals surface area (Å²) in [5, 5.41) is 0. The summed E-state index contributed by atoms with van der Waals surface area (Å²) in [6.07, 6.45) is 3.51. The molecule has 3 rings (SSSR count). The second-order valence-corrected chi connectivity index (χ2v) is 6.83. The predicted octanol–water partition coefficient (Wildman–Crippen LogP) is 4.84. The fourth-order valence-corrected chi connectivity index (χ4v) is 3.03.